The Morgan fingerprint density at radius 1 is 1.11 bits per heavy atom. The molecule has 1 heterocycles. The number of thiazole rings is 1. The van der Waals surface area contributed by atoms with Crippen molar-refractivity contribution < 1.29 is 19.1 Å². The van der Waals surface area contributed by atoms with Crippen molar-refractivity contribution in [2.45, 2.75) is 27.3 Å². The summed E-state index contributed by atoms with van der Waals surface area (Å²) in [5.41, 5.74) is 11.0. The molecule has 0 unspecified atom stereocenters. The van der Waals surface area contributed by atoms with Gasteiger partial charge in [-0.3, -0.25) is 4.79 Å². The van der Waals surface area contributed by atoms with E-state index in [0.29, 0.717) is 39.6 Å². The SMILES string of the molecule is CCOC(=O)c1cnc(Oc2ccc(NNN/C=C(\C(=O)NCc3ccc(Cl)cc3)C(C)C)cc2)s1. The van der Waals surface area contributed by atoms with E-state index in [9.17, 15) is 9.59 Å². The summed E-state index contributed by atoms with van der Waals surface area (Å²) in [7, 11) is 0. The molecule has 0 fully saturated rings. The number of nitrogens with zero attached hydrogens (tertiary/aromatic N) is 1. The smallest absolute Gasteiger partial charge is 0.350 e. The lowest BCUT2D eigenvalue weighted by molar-refractivity contribution is -0.118. The van der Waals surface area contributed by atoms with Gasteiger partial charge >= 0.3 is 5.97 Å². The predicted molar refractivity (Wildman–Crippen MR) is 141 cm³/mol. The molecule has 0 aliphatic carbocycles. The summed E-state index contributed by atoms with van der Waals surface area (Å²) in [6.45, 7) is 6.35. The second-order valence-corrected chi connectivity index (χ2v) is 9.22. The second-order valence-electron chi connectivity index (χ2n) is 7.80. The molecule has 2 aromatic carbocycles. The largest absolute Gasteiger partial charge is 0.462 e. The Balaban J connectivity index is 1.46. The number of hydrogen-bond donors (Lipinski definition) is 4. The highest BCUT2D eigenvalue weighted by Gasteiger charge is 2.14. The molecule has 0 aliphatic rings. The van der Waals surface area contributed by atoms with E-state index in [-0.39, 0.29) is 11.8 Å². The van der Waals surface area contributed by atoms with E-state index in [1.54, 1.807) is 49.5 Å². The van der Waals surface area contributed by atoms with Gasteiger partial charge in [-0.05, 0) is 54.8 Å². The van der Waals surface area contributed by atoms with Crippen LogP contribution in [0.2, 0.25) is 5.02 Å². The van der Waals surface area contributed by atoms with Crippen LogP contribution in [0.15, 0.2) is 66.5 Å². The zero-order chi connectivity index (χ0) is 25.9. The first kappa shape index (κ1) is 27.0. The van der Waals surface area contributed by atoms with Crippen molar-refractivity contribution >= 4 is 40.5 Å². The third kappa shape index (κ3) is 8.26. The topological polar surface area (TPSA) is 114 Å². The van der Waals surface area contributed by atoms with Gasteiger partial charge in [-0.1, -0.05) is 48.9 Å². The fourth-order valence-electron chi connectivity index (χ4n) is 2.91. The number of carbonyl (C=O) groups is 2. The molecule has 11 heteroatoms. The van der Waals surface area contributed by atoms with Gasteiger partial charge in [0.2, 0.25) is 5.91 Å². The van der Waals surface area contributed by atoms with Gasteiger partial charge in [0, 0.05) is 23.3 Å². The van der Waals surface area contributed by atoms with Crippen molar-refractivity contribution in [1.29, 1.82) is 0 Å². The Morgan fingerprint density at radius 2 is 1.83 bits per heavy atom. The Morgan fingerprint density at radius 3 is 2.50 bits per heavy atom. The molecule has 0 spiro atoms. The van der Waals surface area contributed by atoms with E-state index in [1.807, 2.05) is 26.0 Å². The predicted octanol–water partition coefficient (Wildman–Crippen LogP) is 5.04. The molecule has 3 aromatic rings. The first-order valence-electron chi connectivity index (χ1n) is 11.3. The van der Waals surface area contributed by atoms with Crippen LogP contribution in [0.4, 0.5) is 5.69 Å². The normalized spacial score (nSPS) is 11.2. The number of carbonyl (C=O) groups excluding carboxylic acids is 2. The number of amides is 1. The zero-order valence-electron chi connectivity index (χ0n) is 20.1. The van der Waals surface area contributed by atoms with Gasteiger partial charge in [0.1, 0.15) is 10.6 Å². The average molecular weight is 530 g/mol. The molecule has 1 amide bonds. The number of aromatic nitrogens is 1. The molecule has 0 atom stereocenters. The highest BCUT2D eigenvalue weighted by molar-refractivity contribution is 7.15. The Bertz CT molecular complexity index is 1180. The first-order valence-corrected chi connectivity index (χ1v) is 12.4. The number of hydrogen-bond acceptors (Lipinski definition) is 9. The molecule has 0 aliphatic heterocycles. The molecular weight excluding hydrogens is 502 g/mol. The summed E-state index contributed by atoms with van der Waals surface area (Å²) in [5.74, 6) is -0.00508. The number of rotatable bonds is 12. The van der Waals surface area contributed by atoms with Gasteiger partial charge in [-0.15, -0.1) is 0 Å². The summed E-state index contributed by atoms with van der Waals surface area (Å²) in [6.07, 6.45) is 3.05. The molecule has 0 saturated carbocycles. The summed E-state index contributed by atoms with van der Waals surface area (Å²) in [6, 6.07) is 14.5. The standard InChI is InChI=1S/C25H28ClN5O4S/c1-4-34-24(33)22-15-28-25(36-22)35-20-11-9-19(10-12-20)30-31-29-14-21(16(2)3)23(32)27-13-17-5-7-18(26)8-6-17/h5-12,14-16,29-31H,4,13H2,1-3H3,(H,27,32)/b21-14-. The minimum absolute atomic E-state index is 0.0103. The molecule has 0 radical (unpaired) electrons. The van der Waals surface area contributed by atoms with E-state index in [0.717, 1.165) is 22.6 Å². The molecule has 0 bridgehead atoms. The van der Waals surface area contributed by atoms with Crippen LogP contribution in [0.5, 0.6) is 10.9 Å². The fourth-order valence-corrected chi connectivity index (χ4v) is 3.72. The van der Waals surface area contributed by atoms with Crippen LogP contribution in [0.3, 0.4) is 0 Å². The Kier molecular flexibility index (Phi) is 10.1. The van der Waals surface area contributed by atoms with E-state index < -0.39 is 5.97 Å². The summed E-state index contributed by atoms with van der Waals surface area (Å²) in [5, 5.41) is 3.92. The number of benzene rings is 2. The van der Waals surface area contributed by atoms with Crippen molar-refractivity contribution in [2.24, 2.45) is 5.92 Å². The molecule has 1 aromatic heterocycles. The van der Waals surface area contributed by atoms with Crippen LogP contribution in [0.25, 0.3) is 0 Å². The molecule has 9 nitrogen and oxygen atoms in total. The number of anilines is 1. The van der Waals surface area contributed by atoms with Crippen LogP contribution < -0.4 is 26.4 Å². The number of halogens is 1. The van der Waals surface area contributed by atoms with Crippen molar-refractivity contribution in [3.8, 4) is 10.9 Å². The van der Waals surface area contributed by atoms with Crippen LogP contribution in [-0.2, 0) is 16.1 Å². The average Bonchev–Trinajstić information content (AvgIpc) is 3.33. The lowest BCUT2D eigenvalue weighted by Crippen LogP contribution is -2.35. The summed E-state index contributed by atoms with van der Waals surface area (Å²) >= 11 is 7.02. The Hall–Kier alpha value is -3.60. The molecular formula is C25H28ClN5O4S. The molecule has 4 N–H and O–H groups in total. The van der Waals surface area contributed by atoms with Crippen molar-refractivity contribution in [3.63, 3.8) is 0 Å². The van der Waals surface area contributed by atoms with Crippen molar-refractivity contribution in [1.82, 2.24) is 21.3 Å². The number of ether oxygens (including phenoxy) is 2. The van der Waals surface area contributed by atoms with Gasteiger partial charge in [-0.25, -0.2) is 9.78 Å². The van der Waals surface area contributed by atoms with Crippen LogP contribution >= 0.6 is 22.9 Å². The van der Waals surface area contributed by atoms with Crippen LogP contribution in [0, 0.1) is 5.92 Å². The van der Waals surface area contributed by atoms with E-state index in [1.165, 1.54) is 6.20 Å². The van der Waals surface area contributed by atoms with E-state index in [2.05, 4.69) is 26.7 Å². The van der Waals surface area contributed by atoms with Gasteiger partial charge in [0.25, 0.3) is 5.19 Å². The Labute approximate surface area is 218 Å². The van der Waals surface area contributed by atoms with Crippen molar-refractivity contribution in [2.75, 3.05) is 12.0 Å². The maximum atomic E-state index is 12.6. The quantitative estimate of drug-likeness (QED) is 0.112. The molecule has 0 saturated heterocycles. The molecule has 3 rings (SSSR count). The van der Waals surface area contributed by atoms with E-state index in [4.69, 9.17) is 21.1 Å². The molecule has 36 heavy (non-hydrogen) atoms. The van der Waals surface area contributed by atoms with Gasteiger partial charge in [0.15, 0.2) is 0 Å². The van der Waals surface area contributed by atoms with Gasteiger partial charge in [-0.2, -0.15) is 5.53 Å². The zero-order valence-corrected chi connectivity index (χ0v) is 21.7. The highest BCUT2D eigenvalue weighted by Crippen LogP contribution is 2.27. The minimum atomic E-state index is -0.420. The minimum Gasteiger partial charge on any atom is -0.462 e. The summed E-state index contributed by atoms with van der Waals surface area (Å²) in [4.78, 5) is 28.8. The van der Waals surface area contributed by atoms with Crippen LogP contribution in [0.1, 0.15) is 36.0 Å². The highest BCUT2D eigenvalue weighted by atomic mass is 35.5. The number of hydrazine groups is 2. The lowest BCUT2D eigenvalue weighted by Gasteiger charge is -2.14. The number of nitrogens with one attached hydrogen (secondary N) is 4. The van der Waals surface area contributed by atoms with E-state index >= 15 is 0 Å². The fraction of sp³-hybridized carbons (Fsp3) is 0.240. The second kappa shape index (κ2) is 13.5. The number of esters is 1. The van der Waals surface area contributed by atoms with Gasteiger partial charge in [0.05, 0.1) is 18.5 Å². The van der Waals surface area contributed by atoms with Crippen LogP contribution in [-0.4, -0.2) is 23.5 Å². The third-order valence-electron chi connectivity index (χ3n) is 4.78. The maximum absolute atomic E-state index is 12.6. The lowest BCUT2D eigenvalue weighted by atomic mass is 10.0. The molecule has 190 valence electrons. The van der Waals surface area contributed by atoms with Gasteiger partial charge < -0.3 is 25.6 Å². The monoisotopic (exact) mass is 529 g/mol. The van der Waals surface area contributed by atoms with Crippen molar-refractivity contribution in [3.05, 3.63) is 82.0 Å². The summed E-state index contributed by atoms with van der Waals surface area (Å²) < 4.78 is 10.6. The first-order chi connectivity index (χ1) is 17.4. The third-order valence-corrected chi connectivity index (χ3v) is 5.89. The maximum Gasteiger partial charge on any atom is 0.350 e.